The van der Waals surface area contributed by atoms with Crippen LogP contribution >= 0.6 is 0 Å². The highest BCUT2D eigenvalue weighted by Gasteiger charge is 2.14. The molecule has 0 amide bonds. The maximum Gasteiger partial charge on any atom is 0.344 e. The summed E-state index contributed by atoms with van der Waals surface area (Å²) in [4.78, 5) is 13.7. The molecule has 5 heteroatoms. The highest BCUT2D eigenvalue weighted by atomic mass is 16.4. The number of anilines is 1. The molecule has 106 valence electrons. The van der Waals surface area contributed by atoms with Crippen LogP contribution in [0.5, 0.6) is 11.5 Å². The molecule has 3 aromatic rings. The Labute approximate surface area is 120 Å². The van der Waals surface area contributed by atoms with Crippen molar-refractivity contribution in [2.75, 3.05) is 11.9 Å². The smallest absolute Gasteiger partial charge is 0.344 e. The van der Waals surface area contributed by atoms with E-state index in [1.54, 1.807) is 30.3 Å². The lowest BCUT2D eigenvalue weighted by Gasteiger charge is -2.15. The molecular formula is C16H13NO4. The fraction of sp³-hybridized carbons (Fsp3) is 0.0625. The first kappa shape index (κ1) is 13.1. The molecule has 1 heterocycles. The highest BCUT2D eigenvalue weighted by Crippen LogP contribution is 2.35. The van der Waals surface area contributed by atoms with Gasteiger partial charge in [-0.05, 0) is 24.4 Å². The third-order valence-electron chi connectivity index (χ3n) is 3.44. The average molecular weight is 283 g/mol. The van der Waals surface area contributed by atoms with E-state index in [1.807, 2.05) is 0 Å². The Morgan fingerprint density at radius 2 is 1.95 bits per heavy atom. The van der Waals surface area contributed by atoms with Crippen molar-refractivity contribution in [3.05, 3.63) is 53.5 Å². The Bertz CT molecular complexity index is 927. The lowest BCUT2D eigenvalue weighted by Crippen LogP contribution is -2.07. The van der Waals surface area contributed by atoms with Gasteiger partial charge in [-0.2, -0.15) is 0 Å². The van der Waals surface area contributed by atoms with E-state index in [0.717, 1.165) is 0 Å². The molecule has 0 aliphatic heterocycles. The minimum atomic E-state index is -0.518. The van der Waals surface area contributed by atoms with Gasteiger partial charge in [0.25, 0.3) is 0 Å². The summed E-state index contributed by atoms with van der Waals surface area (Å²) in [7, 11) is 1.76. The van der Waals surface area contributed by atoms with Crippen LogP contribution in [0.25, 0.3) is 21.7 Å². The molecule has 1 aromatic heterocycles. The first-order valence-electron chi connectivity index (χ1n) is 6.29. The van der Waals surface area contributed by atoms with Crippen molar-refractivity contribution in [3.8, 4) is 11.5 Å². The summed E-state index contributed by atoms with van der Waals surface area (Å²) in [5.41, 5.74) is 0.370. The van der Waals surface area contributed by atoms with Gasteiger partial charge < -0.3 is 19.5 Å². The number of rotatable bonds is 2. The molecule has 0 atom stereocenters. The van der Waals surface area contributed by atoms with E-state index in [9.17, 15) is 15.0 Å². The summed E-state index contributed by atoms with van der Waals surface area (Å²) >= 11 is 0. The molecule has 0 unspecified atom stereocenters. The topological polar surface area (TPSA) is 73.9 Å². The molecule has 0 aliphatic carbocycles. The molecule has 5 nitrogen and oxygen atoms in total. The van der Waals surface area contributed by atoms with Gasteiger partial charge in [0.05, 0.1) is 10.8 Å². The second kappa shape index (κ2) is 4.56. The van der Waals surface area contributed by atoms with Crippen LogP contribution < -0.4 is 10.5 Å². The zero-order chi connectivity index (χ0) is 15.1. The molecule has 3 rings (SSSR count). The molecule has 2 N–H and O–H groups in total. The number of benzene rings is 2. The third kappa shape index (κ3) is 1.99. The first-order valence-corrected chi connectivity index (χ1v) is 6.29. The van der Waals surface area contributed by atoms with Crippen LogP contribution in [0.4, 0.5) is 5.69 Å². The van der Waals surface area contributed by atoms with Gasteiger partial charge in [0.2, 0.25) is 0 Å². The maximum absolute atomic E-state index is 12.0. The molecule has 0 saturated carbocycles. The summed E-state index contributed by atoms with van der Waals surface area (Å²) in [6, 6.07) is 7.50. The highest BCUT2D eigenvalue weighted by molar-refractivity contribution is 6.08. The van der Waals surface area contributed by atoms with Gasteiger partial charge in [-0.15, -0.1) is 0 Å². The van der Waals surface area contributed by atoms with Crippen molar-refractivity contribution in [1.82, 2.24) is 0 Å². The molecule has 0 aliphatic rings. The number of aromatic hydroxyl groups is 2. The Balaban J connectivity index is 2.49. The Kier molecular flexibility index (Phi) is 2.83. The largest absolute Gasteiger partial charge is 0.508 e. The fourth-order valence-electron chi connectivity index (χ4n) is 2.32. The molecule has 0 radical (unpaired) electrons. The Hall–Kier alpha value is -2.95. The molecule has 0 fully saturated rings. The summed E-state index contributed by atoms with van der Waals surface area (Å²) < 4.78 is 5.27. The van der Waals surface area contributed by atoms with E-state index in [0.29, 0.717) is 21.8 Å². The van der Waals surface area contributed by atoms with Crippen molar-refractivity contribution >= 4 is 27.4 Å². The van der Waals surface area contributed by atoms with E-state index in [4.69, 9.17) is 4.42 Å². The Morgan fingerprint density at radius 3 is 2.67 bits per heavy atom. The van der Waals surface area contributed by atoms with Gasteiger partial charge in [0, 0.05) is 30.3 Å². The van der Waals surface area contributed by atoms with Crippen LogP contribution in [0.2, 0.25) is 0 Å². The number of phenols is 2. The van der Waals surface area contributed by atoms with E-state index >= 15 is 0 Å². The van der Waals surface area contributed by atoms with Crippen LogP contribution in [-0.2, 0) is 0 Å². The van der Waals surface area contributed by atoms with Crippen LogP contribution in [0.1, 0.15) is 0 Å². The van der Waals surface area contributed by atoms with Crippen molar-refractivity contribution in [3.63, 3.8) is 0 Å². The van der Waals surface area contributed by atoms with Gasteiger partial charge in [-0.3, -0.25) is 0 Å². The van der Waals surface area contributed by atoms with Crippen molar-refractivity contribution in [2.24, 2.45) is 0 Å². The quantitative estimate of drug-likeness (QED) is 0.558. The van der Waals surface area contributed by atoms with Gasteiger partial charge in [-0.1, -0.05) is 6.58 Å². The normalized spacial score (nSPS) is 10.9. The lowest BCUT2D eigenvalue weighted by atomic mass is 10.1. The average Bonchev–Trinajstić information content (AvgIpc) is 2.45. The van der Waals surface area contributed by atoms with Crippen LogP contribution in [-0.4, -0.2) is 17.3 Å². The molecule has 0 saturated heterocycles. The van der Waals surface area contributed by atoms with Crippen LogP contribution in [0, 0.1) is 0 Å². The number of hydrogen-bond donors (Lipinski definition) is 2. The number of nitrogens with zero attached hydrogens (tertiary/aromatic N) is 1. The molecule has 0 spiro atoms. The van der Waals surface area contributed by atoms with Crippen molar-refractivity contribution < 1.29 is 14.6 Å². The van der Waals surface area contributed by atoms with E-state index in [-0.39, 0.29) is 17.1 Å². The minimum Gasteiger partial charge on any atom is -0.508 e. The lowest BCUT2D eigenvalue weighted by molar-refractivity contribution is 0.475. The number of phenolic OH excluding ortho intramolecular Hbond substituents is 2. The molecule has 21 heavy (non-hydrogen) atoms. The minimum absolute atomic E-state index is 0.0149. The van der Waals surface area contributed by atoms with Crippen LogP contribution in [0.15, 0.2) is 52.3 Å². The molecule has 2 aromatic carbocycles. The Morgan fingerprint density at radius 1 is 1.19 bits per heavy atom. The monoisotopic (exact) mass is 283 g/mol. The molecular weight excluding hydrogens is 270 g/mol. The number of fused-ring (bicyclic) bond motifs is 3. The number of hydrogen-bond acceptors (Lipinski definition) is 5. The summed E-state index contributed by atoms with van der Waals surface area (Å²) in [5, 5.41) is 21.0. The van der Waals surface area contributed by atoms with Crippen molar-refractivity contribution in [1.29, 1.82) is 0 Å². The second-order valence-electron chi connectivity index (χ2n) is 4.75. The van der Waals surface area contributed by atoms with Gasteiger partial charge >= 0.3 is 5.63 Å². The SMILES string of the molecule is C=CN(C)c1cc(O)c2c(c1)oc(=O)c1ccc(O)cc12. The maximum atomic E-state index is 12.0. The predicted molar refractivity (Wildman–Crippen MR) is 81.9 cm³/mol. The zero-order valence-electron chi connectivity index (χ0n) is 11.3. The first-order chi connectivity index (χ1) is 10.0. The summed E-state index contributed by atoms with van der Waals surface area (Å²) in [5.74, 6) is -0.0170. The van der Waals surface area contributed by atoms with E-state index in [2.05, 4.69) is 6.58 Å². The summed E-state index contributed by atoms with van der Waals surface area (Å²) in [6.45, 7) is 3.64. The second-order valence-corrected chi connectivity index (χ2v) is 4.75. The van der Waals surface area contributed by atoms with Gasteiger partial charge in [-0.25, -0.2) is 4.79 Å². The van der Waals surface area contributed by atoms with Crippen molar-refractivity contribution in [2.45, 2.75) is 0 Å². The van der Waals surface area contributed by atoms with Gasteiger partial charge in [0.1, 0.15) is 17.1 Å². The van der Waals surface area contributed by atoms with E-state index < -0.39 is 5.63 Å². The zero-order valence-corrected chi connectivity index (χ0v) is 11.3. The molecule has 0 bridgehead atoms. The summed E-state index contributed by atoms with van der Waals surface area (Å²) in [6.07, 6.45) is 1.57. The predicted octanol–water partition coefficient (Wildman–Crippen LogP) is 2.94. The third-order valence-corrected chi connectivity index (χ3v) is 3.44. The van der Waals surface area contributed by atoms with E-state index in [1.165, 1.54) is 18.2 Å². The fourth-order valence-corrected chi connectivity index (χ4v) is 2.32. The van der Waals surface area contributed by atoms with Crippen LogP contribution in [0.3, 0.4) is 0 Å². The van der Waals surface area contributed by atoms with Gasteiger partial charge in [0.15, 0.2) is 0 Å². The standard InChI is InChI=1S/C16H13NO4/c1-3-17(2)9-6-13(19)15-12-8-10(18)4-5-11(12)16(20)21-14(15)7-9/h3-8,18-19H,1H2,2H3.